The lowest BCUT2D eigenvalue weighted by molar-refractivity contribution is -0.123. The fourth-order valence-electron chi connectivity index (χ4n) is 2.99. The minimum absolute atomic E-state index is 0.0366. The summed E-state index contributed by atoms with van der Waals surface area (Å²) in [6, 6.07) is 8.44. The van der Waals surface area contributed by atoms with E-state index in [1.807, 2.05) is 20.8 Å². The van der Waals surface area contributed by atoms with Crippen molar-refractivity contribution < 1.29 is 23.5 Å². The minimum Gasteiger partial charge on any atom is -0.490 e. The van der Waals surface area contributed by atoms with Crippen LogP contribution >= 0.6 is 11.6 Å². The molecule has 1 heterocycles. The van der Waals surface area contributed by atoms with E-state index in [2.05, 4.69) is 5.32 Å². The molecule has 31 heavy (non-hydrogen) atoms. The lowest BCUT2D eigenvalue weighted by Gasteiger charge is -2.18. The molecule has 1 fully saturated rings. The second-order valence-electron chi connectivity index (χ2n) is 7.11. The first-order chi connectivity index (χ1) is 14.8. The first-order valence-corrected chi connectivity index (χ1v) is 10.4. The largest absolute Gasteiger partial charge is 0.490 e. The molecule has 1 saturated heterocycles. The molecule has 1 aliphatic rings. The molecule has 0 spiro atoms. The van der Waals surface area contributed by atoms with Crippen LogP contribution in [0, 0.1) is 5.82 Å². The molecule has 1 N–H and O–H groups in total. The molecule has 3 rings (SSSR count). The molecule has 0 saturated carbocycles. The SMILES string of the molecule is CCOc1cc(/C=C2/NC(=O)N(Cc3ccc(F)cc3)C2=O)cc(Cl)c1O[C@@H](C)CC. The van der Waals surface area contributed by atoms with E-state index in [9.17, 15) is 14.0 Å². The van der Waals surface area contributed by atoms with Crippen molar-refractivity contribution in [3.05, 3.63) is 64.1 Å². The number of benzene rings is 2. The quantitative estimate of drug-likeness (QED) is 0.450. The number of hydrogen-bond donors (Lipinski definition) is 1. The molecule has 1 atom stereocenters. The molecule has 0 aromatic heterocycles. The third kappa shape index (κ3) is 5.35. The average Bonchev–Trinajstić information content (AvgIpc) is 2.99. The third-order valence-corrected chi connectivity index (χ3v) is 5.03. The van der Waals surface area contributed by atoms with Crippen LogP contribution in [0.2, 0.25) is 5.02 Å². The fraction of sp³-hybridized carbons (Fsp3) is 0.304. The smallest absolute Gasteiger partial charge is 0.329 e. The second kappa shape index (κ2) is 9.83. The molecule has 0 radical (unpaired) electrons. The maximum atomic E-state index is 13.1. The van der Waals surface area contributed by atoms with Crippen molar-refractivity contribution in [2.24, 2.45) is 0 Å². The van der Waals surface area contributed by atoms with Gasteiger partial charge in [0, 0.05) is 0 Å². The van der Waals surface area contributed by atoms with Gasteiger partial charge in [-0.1, -0.05) is 30.7 Å². The molecular formula is C23H24ClFN2O4. The lowest BCUT2D eigenvalue weighted by atomic mass is 10.1. The number of carbonyl (C=O) groups excluding carboxylic acids is 2. The van der Waals surface area contributed by atoms with Crippen molar-refractivity contribution in [3.8, 4) is 11.5 Å². The van der Waals surface area contributed by atoms with Gasteiger partial charge in [0.15, 0.2) is 11.5 Å². The van der Waals surface area contributed by atoms with Gasteiger partial charge in [-0.25, -0.2) is 9.18 Å². The molecule has 0 bridgehead atoms. The first-order valence-electron chi connectivity index (χ1n) is 10.0. The Hall–Kier alpha value is -3.06. The Morgan fingerprint density at radius 1 is 1.19 bits per heavy atom. The zero-order chi connectivity index (χ0) is 22.5. The van der Waals surface area contributed by atoms with Gasteiger partial charge in [0.1, 0.15) is 11.5 Å². The van der Waals surface area contributed by atoms with Gasteiger partial charge < -0.3 is 14.8 Å². The lowest BCUT2D eigenvalue weighted by Crippen LogP contribution is -2.30. The van der Waals surface area contributed by atoms with Crippen LogP contribution in [-0.2, 0) is 11.3 Å². The van der Waals surface area contributed by atoms with E-state index < -0.39 is 11.9 Å². The van der Waals surface area contributed by atoms with Crippen LogP contribution in [0.5, 0.6) is 11.5 Å². The van der Waals surface area contributed by atoms with Crippen molar-refractivity contribution >= 4 is 29.6 Å². The summed E-state index contributed by atoms with van der Waals surface area (Å²) in [4.78, 5) is 26.1. The Balaban J connectivity index is 1.86. The molecule has 8 heteroatoms. The van der Waals surface area contributed by atoms with Crippen LogP contribution in [0.1, 0.15) is 38.3 Å². The number of halogens is 2. The van der Waals surface area contributed by atoms with Gasteiger partial charge in [-0.3, -0.25) is 9.69 Å². The number of hydrogen-bond acceptors (Lipinski definition) is 4. The van der Waals surface area contributed by atoms with E-state index in [1.165, 1.54) is 30.3 Å². The fourth-order valence-corrected chi connectivity index (χ4v) is 3.25. The van der Waals surface area contributed by atoms with Crippen molar-refractivity contribution in [2.45, 2.75) is 39.8 Å². The van der Waals surface area contributed by atoms with Crippen molar-refractivity contribution in [1.82, 2.24) is 10.2 Å². The number of nitrogens with one attached hydrogen (secondary N) is 1. The summed E-state index contributed by atoms with van der Waals surface area (Å²) < 4.78 is 24.7. The second-order valence-corrected chi connectivity index (χ2v) is 7.51. The van der Waals surface area contributed by atoms with E-state index in [-0.39, 0.29) is 24.2 Å². The van der Waals surface area contributed by atoms with Gasteiger partial charge in [0.05, 0.1) is 24.3 Å². The molecular weight excluding hydrogens is 423 g/mol. The summed E-state index contributed by atoms with van der Waals surface area (Å²) in [6.07, 6.45) is 2.29. The number of nitrogens with zero attached hydrogens (tertiary/aromatic N) is 1. The minimum atomic E-state index is -0.548. The predicted octanol–water partition coefficient (Wildman–Crippen LogP) is 5.15. The Kier molecular flexibility index (Phi) is 7.17. The molecule has 6 nitrogen and oxygen atoms in total. The van der Waals surface area contributed by atoms with Crippen molar-refractivity contribution in [1.29, 1.82) is 0 Å². The number of ether oxygens (including phenoxy) is 2. The van der Waals surface area contributed by atoms with Gasteiger partial charge in [-0.2, -0.15) is 0 Å². The zero-order valence-electron chi connectivity index (χ0n) is 17.6. The summed E-state index contributed by atoms with van der Waals surface area (Å²) in [5.74, 6) is 0.0365. The highest BCUT2D eigenvalue weighted by Crippen LogP contribution is 2.38. The van der Waals surface area contributed by atoms with Crippen molar-refractivity contribution in [2.75, 3.05) is 6.61 Å². The van der Waals surface area contributed by atoms with E-state index in [0.29, 0.717) is 34.3 Å². The number of carbonyl (C=O) groups is 2. The first kappa shape index (κ1) is 22.6. The summed E-state index contributed by atoms with van der Waals surface area (Å²) in [5.41, 5.74) is 1.33. The maximum absolute atomic E-state index is 13.1. The summed E-state index contributed by atoms with van der Waals surface area (Å²) in [7, 11) is 0. The highest BCUT2D eigenvalue weighted by Gasteiger charge is 2.33. The standard InChI is InChI=1S/C23H24ClFN2O4/c1-4-14(3)31-21-18(24)10-16(12-20(21)30-5-2)11-19-22(28)27(23(29)26-19)13-15-6-8-17(25)9-7-15/h6-12,14H,4-5,13H2,1-3H3,(H,26,29)/b19-11+/t14-/m0/s1. The molecule has 2 aromatic rings. The number of imide groups is 1. The highest BCUT2D eigenvalue weighted by molar-refractivity contribution is 6.32. The molecule has 0 unspecified atom stereocenters. The number of urea groups is 1. The van der Waals surface area contributed by atoms with Crippen LogP contribution in [0.3, 0.4) is 0 Å². The predicted molar refractivity (Wildman–Crippen MR) is 116 cm³/mol. The monoisotopic (exact) mass is 446 g/mol. The van der Waals surface area contributed by atoms with Crippen LogP contribution in [0.4, 0.5) is 9.18 Å². The highest BCUT2D eigenvalue weighted by atomic mass is 35.5. The summed E-state index contributed by atoms with van der Waals surface area (Å²) >= 11 is 6.42. The van der Waals surface area contributed by atoms with Crippen LogP contribution in [-0.4, -0.2) is 29.5 Å². The van der Waals surface area contributed by atoms with E-state index in [4.69, 9.17) is 21.1 Å². The molecule has 3 amide bonds. The Morgan fingerprint density at radius 2 is 1.90 bits per heavy atom. The Labute approximate surface area is 185 Å². The normalized spacial score (nSPS) is 15.9. The summed E-state index contributed by atoms with van der Waals surface area (Å²) in [6.45, 7) is 6.23. The average molecular weight is 447 g/mol. The van der Waals surface area contributed by atoms with Gasteiger partial charge in [-0.05, 0) is 61.7 Å². The van der Waals surface area contributed by atoms with Gasteiger partial charge >= 0.3 is 6.03 Å². The molecule has 0 aliphatic carbocycles. The van der Waals surface area contributed by atoms with Crippen molar-refractivity contribution in [3.63, 3.8) is 0 Å². The number of amides is 3. The van der Waals surface area contributed by atoms with E-state index in [1.54, 1.807) is 12.1 Å². The molecule has 2 aromatic carbocycles. The third-order valence-electron chi connectivity index (χ3n) is 4.75. The summed E-state index contributed by atoms with van der Waals surface area (Å²) in [5, 5.41) is 2.92. The van der Waals surface area contributed by atoms with E-state index in [0.717, 1.165) is 11.3 Å². The number of rotatable bonds is 8. The topological polar surface area (TPSA) is 67.9 Å². The molecule has 164 valence electrons. The van der Waals surface area contributed by atoms with Crippen LogP contribution < -0.4 is 14.8 Å². The Morgan fingerprint density at radius 3 is 2.55 bits per heavy atom. The molecule has 1 aliphatic heterocycles. The van der Waals surface area contributed by atoms with Crippen LogP contribution in [0.15, 0.2) is 42.1 Å². The maximum Gasteiger partial charge on any atom is 0.329 e. The van der Waals surface area contributed by atoms with Gasteiger partial charge in [0.2, 0.25) is 0 Å². The zero-order valence-corrected chi connectivity index (χ0v) is 18.3. The van der Waals surface area contributed by atoms with Crippen LogP contribution in [0.25, 0.3) is 6.08 Å². The van der Waals surface area contributed by atoms with Gasteiger partial charge in [-0.15, -0.1) is 0 Å². The van der Waals surface area contributed by atoms with E-state index >= 15 is 0 Å². The Bertz CT molecular complexity index is 1010. The van der Waals surface area contributed by atoms with Gasteiger partial charge in [0.25, 0.3) is 5.91 Å².